The molecule has 2 aliphatic heterocycles. The topological polar surface area (TPSA) is 225 Å². The minimum absolute atomic E-state index is 0.0116. The van der Waals surface area contributed by atoms with E-state index in [2.05, 4.69) is 9.88 Å². The second kappa shape index (κ2) is 19.3. The standard InChI is InChI=1S/C46H48ClF2N5O12S3/c1-67(58,59)46(68(2,60)61)13-11-32(37(27-46)30-3-5-33(47)6-4-30)28-52-17-19-53(20-18-52)34-7-9-36(42(24-34)66-43-23-31-12-16-50-39(31)26-38(43)48)44(55)51-69(62,63)35-8-10-41(40(25-35)54(56)57)65-29-45(49)14-21-64-22-15-45/h3-10,12,16,23-26,50H,11,13-15,17-22,27-29H2,1-2H3,(H,51,55). The number of rotatable bonds is 15. The van der Waals surface area contributed by atoms with Gasteiger partial charge >= 0.3 is 5.69 Å². The van der Waals surface area contributed by atoms with Gasteiger partial charge in [0.15, 0.2) is 41.1 Å². The maximum atomic E-state index is 15.5. The normalized spacial score (nSPS) is 18.0. The highest BCUT2D eigenvalue weighted by Crippen LogP contribution is 2.46. The molecule has 0 bridgehead atoms. The van der Waals surface area contributed by atoms with Crippen LogP contribution in [0.25, 0.3) is 16.5 Å². The molecule has 8 rings (SSSR count). The van der Waals surface area contributed by atoms with Gasteiger partial charge in [-0.15, -0.1) is 0 Å². The number of sulfone groups is 2. The Kier molecular flexibility index (Phi) is 13.9. The highest BCUT2D eigenvalue weighted by molar-refractivity contribution is 8.09. The number of aromatic amines is 1. The van der Waals surface area contributed by atoms with Crippen molar-refractivity contribution < 1.29 is 58.0 Å². The van der Waals surface area contributed by atoms with Crippen molar-refractivity contribution in [1.29, 1.82) is 0 Å². The highest BCUT2D eigenvalue weighted by Gasteiger charge is 2.52. The molecule has 0 atom stereocenters. The van der Waals surface area contributed by atoms with Crippen LogP contribution in [0.3, 0.4) is 0 Å². The number of hydrogen-bond donors (Lipinski definition) is 2. The molecular formula is C46H48ClF2N5O12S3. The molecule has 0 unspecified atom stereocenters. The maximum Gasteiger partial charge on any atom is 0.312 e. The molecule has 69 heavy (non-hydrogen) atoms. The van der Waals surface area contributed by atoms with Gasteiger partial charge in [-0.3, -0.25) is 19.8 Å². The van der Waals surface area contributed by atoms with Crippen LogP contribution in [0.4, 0.5) is 20.2 Å². The number of amides is 1. The molecule has 0 radical (unpaired) electrons. The molecule has 0 saturated carbocycles. The minimum atomic E-state index is -4.81. The summed E-state index contributed by atoms with van der Waals surface area (Å²) in [4.78, 5) is 31.5. The molecule has 2 N–H and O–H groups in total. The van der Waals surface area contributed by atoms with Crippen LogP contribution in [0.2, 0.25) is 5.02 Å². The van der Waals surface area contributed by atoms with Gasteiger partial charge in [0.25, 0.3) is 15.9 Å². The van der Waals surface area contributed by atoms with Gasteiger partial charge in [0.1, 0.15) is 18.0 Å². The molecule has 4 aromatic carbocycles. The number of hydrogen-bond acceptors (Lipinski definition) is 14. The Morgan fingerprint density at radius 1 is 0.884 bits per heavy atom. The third-order valence-corrected chi connectivity index (χ3v) is 19.7. The number of alkyl halides is 1. The lowest BCUT2D eigenvalue weighted by Crippen LogP contribution is -2.49. The van der Waals surface area contributed by atoms with E-state index in [-0.39, 0.29) is 68.1 Å². The molecule has 0 spiro atoms. The molecule has 1 aromatic heterocycles. The number of ether oxygens (including phenoxy) is 3. The number of nitrogens with one attached hydrogen (secondary N) is 2. The molecule has 3 aliphatic rings. The van der Waals surface area contributed by atoms with Gasteiger partial charge in [-0.1, -0.05) is 29.3 Å². The zero-order chi connectivity index (χ0) is 49.5. The Morgan fingerprint density at radius 2 is 1.58 bits per heavy atom. The number of H-pyrrole nitrogens is 1. The van der Waals surface area contributed by atoms with E-state index in [1.807, 2.05) is 9.62 Å². The first-order valence-corrected chi connectivity index (χ1v) is 27.4. The van der Waals surface area contributed by atoms with Crippen molar-refractivity contribution >= 4 is 75.1 Å². The van der Waals surface area contributed by atoms with Gasteiger partial charge < -0.3 is 24.1 Å². The Bertz CT molecular complexity index is 3160. The Morgan fingerprint density at radius 3 is 2.25 bits per heavy atom. The van der Waals surface area contributed by atoms with Gasteiger partial charge in [0, 0.05) is 124 Å². The molecule has 2 fully saturated rings. The van der Waals surface area contributed by atoms with Crippen molar-refractivity contribution in [1.82, 2.24) is 14.6 Å². The molecule has 17 nitrogen and oxygen atoms in total. The summed E-state index contributed by atoms with van der Waals surface area (Å²) in [5, 5.41) is 13.1. The third kappa shape index (κ3) is 10.6. The van der Waals surface area contributed by atoms with Crippen LogP contribution in [0.1, 0.15) is 48.0 Å². The number of fused-ring (bicyclic) bond motifs is 1. The number of carbonyl (C=O) groups is 1. The zero-order valence-electron chi connectivity index (χ0n) is 37.4. The van der Waals surface area contributed by atoms with Crippen molar-refractivity contribution in [3.8, 4) is 17.2 Å². The number of halogens is 3. The zero-order valence-corrected chi connectivity index (χ0v) is 40.6. The number of carbonyl (C=O) groups excluding carboxylic acids is 1. The van der Waals surface area contributed by atoms with E-state index in [9.17, 15) is 40.2 Å². The molecule has 5 aromatic rings. The first-order chi connectivity index (χ1) is 32.5. The Hall–Kier alpha value is -5.65. The van der Waals surface area contributed by atoms with E-state index < -0.39 is 73.3 Å². The lowest BCUT2D eigenvalue weighted by atomic mass is 9.86. The van der Waals surface area contributed by atoms with E-state index >= 15 is 8.78 Å². The highest BCUT2D eigenvalue weighted by atomic mass is 35.5. The second-order valence-corrected chi connectivity index (χ2v) is 24.5. The predicted octanol–water partition coefficient (Wildman–Crippen LogP) is 7.22. The summed E-state index contributed by atoms with van der Waals surface area (Å²) in [5.74, 6) is -2.83. The van der Waals surface area contributed by atoms with Crippen LogP contribution in [0.15, 0.2) is 95.5 Å². The molecule has 3 heterocycles. The van der Waals surface area contributed by atoms with E-state index in [0.717, 1.165) is 30.2 Å². The summed E-state index contributed by atoms with van der Waals surface area (Å²) in [6, 6.07) is 18.2. The van der Waals surface area contributed by atoms with Crippen molar-refractivity contribution in [2.24, 2.45) is 0 Å². The third-order valence-electron chi connectivity index (χ3n) is 13.0. The van der Waals surface area contributed by atoms with E-state index in [4.69, 9.17) is 25.8 Å². The van der Waals surface area contributed by atoms with Crippen LogP contribution in [-0.4, -0.2) is 121 Å². The minimum Gasteiger partial charge on any atom is -0.483 e. The molecule has 1 aliphatic carbocycles. The van der Waals surface area contributed by atoms with Crippen molar-refractivity contribution in [3.63, 3.8) is 0 Å². The van der Waals surface area contributed by atoms with Crippen LogP contribution in [0.5, 0.6) is 17.2 Å². The number of sulfonamides is 1. The second-order valence-electron chi connectivity index (χ2n) is 17.5. The average molecular weight is 1030 g/mol. The molecule has 368 valence electrons. The number of piperazine rings is 1. The van der Waals surface area contributed by atoms with Gasteiger partial charge in [0.2, 0.25) is 0 Å². The monoisotopic (exact) mass is 1030 g/mol. The van der Waals surface area contributed by atoms with E-state index in [1.54, 1.807) is 42.6 Å². The summed E-state index contributed by atoms with van der Waals surface area (Å²) >= 11 is 6.18. The number of allylic oxidation sites excluding steroid dienone is 1. The fraction of sp³-hybridized carbons (Fsp3) is 0.370. The fourth-order valence-corrected chi connectivity index (χ4v) is 14.0. The number of nitro benzene ring substituents is 1. The Balaban J connectivity index is 1.04. The number of anilines is 1. The van der Waals surface area contributed by atoms with Gasteiger partial charge in [0.05, 0.1) is 15.4 Å². The number of benzene rings is 4. The number of nitro groups is 1. The molecule has 2 saturated heterocycles. The summed E-state index contributed by atoms with van der Waals surface area (Å²) in [6.45, 7) is 2.04. The quantitative estimate of drug-likeness (QED) is 0.0780. The van der Waals surface area contributed by atoms with E-state index in [0.29, 0.717) is 71.5 Å². The first kappa shape index (κ1) is 49.8. The van der Waals surface area contributed by atoms with Crippen LogP contribution in [-0.2, 0) is 34.4 Å². The largest absolute Gasteiger partial charge is 0.483 e. The molecular weight excluding hydrogens is 984 g/mol. The maximum absolute atomic E-state index is 15.5. The average Bonchev–Trinajstić information content (AvgIpc) is 3.75. The van der Waals surface area contributed by atoms with Crippen LogP contribution in [0, 0.1) is 15.9 Å². The van der Waals surface area contributed by atoms with Gasteiger partial charge in [-0.2, -0.15) is 0 Å². The lowest BCUT2D eigenvalue weighted by Gasteiger charge is -2.40. The number of aromatic nitrogens is 1. The summed E-state index contributed by atoms with van der Waals surface area (Å²) in [6.07, 6.45) is 3.44. The van der Waals surface area contributed by atoms with Crippen molar-refractivity contribution in [2.75, 3.05) is 70.0 Å². The smallest absolute Gasteiger partial charge is 0.312 e. The first-order valence-electron chi connectivity index (χ1n) is 21.7. The summed E-state index contributed by atoms with van der Waals surface area (Å²) < 4.78 is 127. The lowest BCUT2D eigenvalue weighted by molar-refractivity contribution is -0.386. The van der Waals surface area contributed by atoms with Crippen LogP contribution < -0.4 is 19.1 Å². The van der Waals surface area contributed by atoms with E-state index in [1.165, 1.54) is 24.3 Å². The SMILES string of the molecule is CS(=O)(=O)C1(S(C)(=O)=O)CCC(CN2CCN(c3ccc(C(=O)NS(=O)(=O)c4ccc(OCC5(F)CCOCC5)c([N+](=O)[O-])c4)c(Oc4cc5cc[nH]c5cc4F)c3)CC2)=C(c2ccc(Cl)cc2)C1. The summed E-state index contributed by atoms with van der Waals surface area (Å²) in [5.41, 5.74) is 0.322. The van der Waals surface area contributed by atoms with Crippen molar-refractivity contribution in [2.45, 2.75) is 46.7 Å². The number of nitrogens with zero attached hydrogens (tertiary/aromatic N) is 3. The Labute approximate surface area is 402 Å². The molecule has 1 amide bonds. The van der Waals surface area contributed by atoms with Gasteiger partial charge in [-0.05, 0) is 72.5 Å². The van der Waals surface area contributed by atoms with Gasteiger partial charge in [-0.25, -0.2) is 38.8 Å². The predicted molar refractivity (Wildman–Crippen MR) is 255 cm³/mol. The molecule has 23 heteroatoms. The fourth-order valence-electron chi connectivity index (χ4n) is 8.93. The summed E-state index contributed by atoms with van der Waals surface area (Å²) in [7, 11) is -12.9. The van der Waals surface area contributed by atoms with Crippen molar-refractivity contribution in [3.05, 3.63) is 123 Å². The van der Waals surface area contributed by atoms with Crippen LogP contribution >= 0.6 is 11.6 Å².